The summed E-state index contributed by atoms with van der Waals surface area (Å²) in [6.07, 6.45) is 2.48. The molecule has 9 heteroatoms. The first-order valence-electron chi connectivity index (χ1n) is 5.82. The van der Waals surface area contributed by atoms with Crippen molar-refractivity contribution >= 4 is 29.2 Å². The molecule has 2 rings (SSSR count). The quantitative estimate of drug-likeness (QED) is 0.779. The molecule has 1 aromatic rings. The normalized spacial score (nSPS) is 20.8. The highest BCUT2D eigenvalue weighted by Crippen LogP contribution is 2.44. The van der Waals surface area contributed by atoms with E-state index < -0.39 is 44.5 Å². The van der Waals surface area contributed by atoms with Gasteiger partial charge in [-0.15, -0.1) is 0 Å². The molecule has 22 heavy (non-hydrogen) atoms. The van der Waals surface area contributed by atoms with E-state index in [1.807, 2.05) is 0 Å². The van der Waals surface area contributed by atoms with Gasteiger partial charge < -0.3 is 20.9 Å². The Hall–Kier alpha value is -1.99. The number of rotatable bonds is 3. The first-order valence-corrected chi connectivity index (χ1v) is 6.58. The summed E-state index contributed by atoms with van der Waals surface area (Å²) in [5.41, 5.74) is 2.63. The van der Waals surface area contributed by atoms with Gasteiger partial charge in [-0.1, -0.05) is 23.2 Å². The number of carboxylic acid groups (broad SMARTS) is 1. The molecule has 0 saturated carbocycles. The fraction of sp³-hybridized carbons (Fsp3) is 0.154. The number of carboxylic acids is 1. The van der Waals surface area contributed by atoms with Crippen molar-refractivity contribution < 1.29 is 23.4 Å². The largest absolute Gasteiger partial charge is 0.492 e. The van der Waals surface area contributed by atoms with E-state index in [-0.39, 0.29) is 5.70 Å². The molecule has 1 atom stereocenters. The maximum Gasteiger partial charge on any atom is 0.340 e. The smallest absolute Gasteiger partial charge is 0.340 e. The van der Waals surface area contributed by atoms with Crippen molar-refractivity contribution in [3.63, 3.8) is 0 Å². The molecule has 1 aromatic carbocycles. The van der Waals surface area contributed by atoms with Gasteiger partial charge in [-0.25, -0.2) is 13.6 Å². The number of hydrogen-bond donors (Lipinski definition) is 3. The molecule has 5 nitrogen and oxygen atoms in total. The topological polar surface area (TPSA) is 84.6 Å². The summed E-state index contributed by atoms with van der Waals surface area (Å²) >= 11 is 11.9. The van der Waals surface area contributed by atoms with Crippen LogP contribution in [0.5, 0.6) is 5.75 Å². The fourth-order valence-electron chi connectivity index (χ4n) is 2.16. The zero-order valence-electron chi connectivity index (χ0n) is 11.1. The highest BCUT2D eigenvalue weighted by molar-refractivity contribution is 6.36. The lowest BCUT2D eigenvalue weighted by Gasteiger charge is -2.34. The fourth-order valence-corrected chi connectivity index (χ4v) is 2.85. The second kappa shape index (κ2) is 5.66. The predicted octanol–water partition coefficient (Wildman–Crippen LogP) is 2.43. The van der Waals surface area contributed by atoms with Gasteiger partial charge >= 0.3 is 5.97 Å². The Labute approximate surface area is 133 Å². The summed E-state index contributed by atoms with van der Waals surface area (Å²) in [5, 5.41) is 11.0. The van der Waals surface area contributed by atoms with E-state index in [4.69, 9.17) is 33.7 Å². The molecule has 0 aromatic heterocycles. The van der Waals surface area contributed by atoms with Crippen molar-refractivity contribution in [2.24, 2.45) is 5.73 Å². The lowest BCUT2D eigenvalue weighted by molar-refractivity contribution is -0.143. The maximum atomic E-state index is 14.3. The molecule has 1 aliphatic rings. The number of halogens is 4. The van der Waals surface area contributed by atoms with Crippen LogP contribution in [-0.2, 0) is 10.3 Å². The highest BCUT2D eigenvalue weighted by atomic mass is 35.5. The SMILES string of the molecule is COc1c(F)cc(F)c(C2(C(=O)O)NC=CC(N)=C2Cl)c1Cl. The number of nitrogens with two attached hydrogens (primary N) is 1. The van der Waals surface area contributed by atoms with E-state index in [9.17, 15) is 18.7 Å². The van der Waals surface area contributed by atoms with Gasteiger partial charge in [0, 0.05) is 6.07 Å². The summed E-state index contributed by atoms with van der Waals surface area (Å²) in [6.45, 7) is 0. The number of dihydropyridines is 1. The highest BCUT2D eigenvalue weighted by Gasteiger charge is 2.49. The van der Waals surface area contributed by atoms with Crippen LogP contribution in [0.25, 0.3) is 0 Å². The standard InChI is InChI=1S/C13H10Cl2F2N2O3/c1-22-10-6(17)4-5(16)8(9(10)14)13(12(20)21)11(15)7(18)2-3-19-13/h2-4,19H,18H2,1H3,(H,20,21). The molecule has 0 aliphatic carbocycles. The van der Waals surface area contributed by atoms with E-state index in [0.717, 1.165) is 7.11 Å². The number of carbonyl (C=O) groups is 1. The van der Waals surface area contributed by atoms with Gasteiger partial charge in [-0.2, -0.15) is 0 Å². The Balaban J connectivity index is 2.88. The summed E-state index contributed by atoms with van der Waals surface area (Å²) in [4.78, 5) is 11.8. The van der Waals surface area contributed by atoms with Crippen molar-refractivity contribution in [3.05, 3.63) is 51.3 Å². The van der Waals surface area contributed by atoms with Gasteiger partial charge in [0.25, 0.3) is 0 Å². The third-order valence-corrected chi connectivity index (χ3v) is 4.04. The molecule has 0 saturated heterocycles. The first kappa shape index (κ1) is 16.4. The molecule has 0 radical (unpaired) electrons. The van der Waals surface area contributed by atoms with Gasteiger partial charge in [0.1, 0.15) is 5.82 Å². The number of hydrogen-bond acceptors (Lipinski definition) is 4. The van der Waals surface area contributed by atoms with Crippen LogP contribution >= 0.6 is 23.2 Å². The summed E-state index contributed by atoms with van der Waals surface area (Å²) in [7, 11) is 1.11. The third-order valence-electron chi connectivity index (χ3n) is 3.17. The Bertz CT molecular complexity index is 722. The van der Waals surface area contributed by atoms with E-state index in [1.165, 1.54) is 12.3 Å². The minimum Gasteiger partial charge on any atom is -0.492 e. The zero-order valence-corrected chi connectivity index (χ0v) is 12.6. The summed E-state index contributed by atoms with van der Waals surface area (Å²) in [6, 6.07) is 0.463. The lowest BCUT2D eigenvalue weighted by Crippen LogP contribution is -2.50. The molecule has 0 spiro atoms. The van der Waals surface area contributed by atoms with Gasteiger partial charge in [-0.3, -0.25) is 0 Å². The Morgan fingerprint density at radius 3 is 2.59 bits per heavy atom. The molecule has 4 N–H and O–H groups in total. The van der Waals surface area contributed by atoms with Gasteiger partial charge in [-0.05, 0) is 12.3 Å². The van der Waals surface area contributed by atoms with Crippen molar-refractivity contribution in [3.8, 4) is 5.75 Å². The Morgan fingerprint density at radius 1 is 1.41 bits per heavy atom. The van der Waals surface area contributed by atoms with Crippen LogP contribution in [0, 0.1) is 11.6 Å². The van der Waals surface area contributed by atoms with Gasteiger partial charge in [0.05, 0.1) is 28.4 Å². The van der Waals surface area contributed by atoms with Crippen LogP contribution in [0.3, 0.4) is 0 Å². The van der Waals surface area contributed by atoms with Crippen LogP contribution in [-0.4, -0.2) is 18.2 Å². The minimum atomic E-state index is -2.29. The second-order valence-electron chi connectivity index (χ2n) is 4.36. The number of aliphatic carboxylic acids is 1. The Morgan fingerprint density at radius 2 is 2.05 bits per heavy atom. The van der Waals surface area contributed by atoms with E-state index in [1.54, 1.807) is 0 Å². The number of allylic oxidation sites excluding steroid dienone is 1. The van der Waals surface area contributed by atoms with Gasteiger partial charge in [0.2, 0.25) is 5.54 Å². The number of benzene rings is 1. The number of ether oxygens (including phenoxy) is 1. The van der Waals surface area contributed by atoms with Crippen LogP contribution in [0.4, 0.5) is 8.78 Å². The minimum absolute atomic E-state index is 0.0958. The average molecular weight is 351 g/mol. The van der Waals surface area contributed by atoms with Crippen LogP contribution in [0.15, 0.2) is 29.1 Å². The monoisotopic (exact) mass is 350 g/mol. The molecule has 0 fully saturated rings. The molecular formula is C13H10Cl2F2N2O3. The van der Waals surface area contributed by atoms with Crippen molar-refractivity contribution in [2.45, 2.75) is 5.54 Å². The molecule has 1 unspecified atom stereocenters. The molecule has 1 aliphatic heterocycles. The number of methoxy groups -OCH3 is 1. The van der Waals surface area contributed by atoms with Gasteiger partial charge in [0.15, 0.2) is 11.6 Å². The predicted molar refractivity (Wildman–Crippen MR) is 76.6 cm³/mol. The van der Waals surface area contributed by atoms with Crippen molar-refractivity contribution in [1.82, 2.24) is 5.32 Å². The summed E-state index contributed by atoms with van der Waals surface area (Å²) in [5.74, 6) is -4.36. The maximum absolute atomic E-state index is 14.3. The van der Waals surface area contributed by atoms with Crippen molar-refractivity contribution in [2.75, 3.05) is 7.11 Å². The van der Waals surface area contributed by atoms with Crippen LogP contribution in [0.1, 0.15) is 5.56 Å². The molecule has 0 amide bonds. The summed E-state index contributed by atoms with van der Waals surface area (Å²) < 4.78 is 32.7. The zero-order chi connectivity index (χ0) is 16.7. The molecule has 118 valence electrons. The average Bonchev–Trinajstić information content (AvgIpc) is 2.43. The van der Waals surface area contributed by atoms with E-state index in [0.29, 0.717) is 6.07 Å². The Kier molecular flexibility index (Phi) is 4.21. The van der Waals surface area contributed by atoms with E-state index in [2.05, 4.69) is 5.32 Å². The second-order valence-corrected chi connectivity index (χ2v) is 5.12. The molecule has 1 heterocycles. The lowest BCUT2D eigenvalue weighted by atomic mass is 9.86. The third kappa shape index (κ3) is 2.17. The molecular weight excluding hydrogens is 341 g/mol. The number of nitrogens with one attached hydrogen (secondary N) is 1. The van der Waals surface area contributed by atoms with E-state index >= 15 is 0 Å². The first-order chi connectivity index (χ1) is 10.3. The van der Waals surface area contributed by atoms with Crippen molar-refractivity contribution in [1.29, 1.82) is 0 Å². The molecule has 0 bridgehead atoms. The van der Waals surface area contributed by atoms with Crippen LogP contribution < -0.4 is 15.8 Å². The van der Waals surface area contributed by atoms with Crippen LogP contribution in [0.2, 0.25) is 5.02 Å².